The maximum Gasteiger partial charge on any atom is 0.340 e. The maximum atomic E-state index is 13.9. The highest BCUT2D eigenvalue weighted by Gasteiger charge is 2.51. The Morgan fingerprint density at radius 3 is 1.51 bits per heavy atom. The Morgan fingerprint density at radius 1 is 0.586 bits per heavy atom. The molecule has 0 radical (unpaired) electrons. The van der Waals surface area contributed by atoms with E-state index < -0.39 is 56.4 Å². The van der Waals surface area contributed by atoms with Crippen LogP contribution in [0.5, 0.6) is 0 Å². The van der Waals surface area contributed by atoms with Gasteiger partial charge in [-0.3, -0.25) is 23.2 Å². The summed E-state index contributed by atoms with van der Waals surface area (Å²) in [6.07, 6.45) is 20.0. The molecule has 0 saturated carbocycles. The Hall–Kier alpha value is -7.00. The molecule has 1 unspecified atom stereocenters. The largest absolute Gasteiger partial charge is 0.760 e. The van der Waals surface area contributed by atoms with Gasteiger partial charge in [0.05, 0.1) is 68.5 Å². The third-order valence-electron chi connectivity index (χ3n) is 16.3. The Balaban J connectivity index is 0.000000125. The molecule has 87 heavy (non-hydrogen) atoms. The highest BCUT2D eigenvalue weighted by atomic mass is 32.2. The lowest BCUT2D eigenvalue weighted by atomic mass is 10.1. The molecule has 0 amide bonds. The molecule has 6 aliphatic carbocycles. The van der Waals surface area contributed by atoms with E-state index in [0.29, 0.717) is 50.8 Å². The number of nitrogens with two attached hydrogens (primary N) is 1. The van der Waals surface area contributed by atoms with E-state index in [1.165, 1.54) is 15.4 Å². The van der Waals surface area contributed by atoms with Gasteiger partial charge in [-0.05, 0) is 66.8 Å². The molecule has 0 spiro atoms. The van der Waals surface area contributed by atoms with E-state index in [1.54, 1.807) is 12.1 Å². The molecule has 2 heterocycles. The molecule has 2 aliphatic heterocycles. The Labute approximate surface area is 510 Å². The maximum absolute atomic E-state index is 13.9. The van der Waals surface area contributed by atoms with Crippen molar-refractivity contribution in [3.05, 3.63) is 212 Å². The molecule has 0 aromatic heterocycles. The lowest BCUT2D eigenvalue weighted by Gasteiger charge is -2.30. The van der Waals surface area contributed by atoms with Crippen molar-refractivity contribution in [2.24, 2.45) is 5.73 Å². The number of halogens is 3. The van der Waals surface area contributed by atoms with Crippen LogP contribution in [0.1, 0.15) is 103 Å². The normalized spacial score (nSPS) is 27.2. The molecule has 2 saturated heterocycles. The van der Waals surface area contributed by atoms with E-state index in [1.807, 2.05) is 133 Å². The minimum Gasteiger partial charge on any atom is -0.760 e. The van der Waals surface area contributed by atoms with E-state index in [2.05, 4.69) is 39.0 Å². The van der Waals surface area contributed by atoms with Crippen LogP contribution in [0, 0.1) is 49.4 Å². The number of aliphatic hydroxyl groups is 1. The topological polar surface area (TPSA) is 216 Å². The summed E-state index contributed by atoms with van der Waals surface area (Å²) in [6, 6.07) is 44.4. The molecule has 21 heteroatoms. The second kappa shape index (κ2) is 28.9. The minimum atomic E-state index is -3.66. The number of hydrogen-bond acceptors (Lipinski definition) is 12. The van der Waals surface area contributed by atoms with Gasteiger partial charge >= 0.3 is 20.6 Å². The van der Waals surface area contributed by atoms with Crippen LogP contribution < -0.4 is 21.1 Å². The van der Waals surface area contributed by atoms with Crippen LogP contribution >= 0.6 is 0 Å². The molecular weight excluding hydrogens is 1170 g/mol. The molecule has 14 rings (SSSR count). The van der Waals surface area contributed by atoms with Crippen molar-refractivity contribution in [1.29, 1.82) is 0 Å². The first-order valence-corrected chi connectivity index (χ1v) is 32.0. The number of aliphatic hydroxyl groups excluding tert-OH is 1. The molecule has 6 aromatic rings. The number of nitrogens with one attached hydrogen (secondary N) is 3. The average Bonchev–Trinajstić information content (AvgIpc) is 2.08. The van der Waals surface area contributed by atoms with Gasteiger partial charge in [-0.1, -0.05) is 169 Å². The summed E-state index contributed by atoms with van der Waals surface area (Å²) in [6.45, 7) is 0.770. The monoisotopic (exact) mass is 1240 g/mol. The number of alkyl halides is 3. The summed E-state index contributed by atoms with van der Waals surface area (Å²) >= 11 is -2.52. The molecule has 2 fully saturated rings. The number of rotatable bonds is 8. The Kier molecular flexibility index (Phi) is 21.4. The summed E-state index contributed by atoms with van der Waals surface area (Å²) in [5.74, 6) is 9.56. The van der Waals surface area contributed by atoms with Crippen LogP contribution in [-0.4, -0.2) is 102 Å². The highest BCUT2D eigenvalue weighted by molar-refractivity contribution is 7.85. The first kappa shape index (κ1) is 64.5. The predicted molar refractivity (Wildman–Crippen MR) is 327 cm³/mol. The zero-order valence-corrected chi connectivity index (χ0v) is 49.7. The summed E-state index contributed by atoms with van der Waals surface area (Å²) in [4.78, 5) is 0. The molecule has 6 aromatic carbocycles. The highest BCUT2D eigenvalue weighted by Crippen LogP contribution is 2.45. The Morgan fingerprint density at radius 2 is 1.01 bits per heavy atom. The number of benzene rings is 6. The van der Waals surface area contributed by atoms with Gasteiger partial charge in [-0.2, -0.15) is 25.9 Å². The molecular formula is C66H66F3N6O9S3-. The molecule has 15 nitrogen and oxygen atoms in total. The zero-order valence-electron chi connectivity index (χ0n) is 47.2. The van der Waals surface area contributed by atoms with Crippen molar-refractivity contribution in [2.75, 3.05) is 26.2 Å². The third-order valence-corrected chi connectivity index (χ3v) is 19.5. The van der Waals surface area contributed by atoms with Crippen molar-refractivity contribution in [2.45, 2.75) is 112 Å². The van der Waals surface area contributed by atoms with Crippen LogP contribution in [0.3, 0.4) is 0 Å². The molecule has 13 atom stereocenters. The molecule has 8 aliphatic rings. The fourth-order valence-corrected chi connectivity index (χ4v) is 15.5. The van der Waals surface area contributed by atoms with Crippen LogP contribution in [0.15, 0.2) is 146 Å². The van der Waals surface area contributed by atoms with Crippen molar-refractivity contribution < 1.29 is 52.2 Å². The van der Waals surface area contributed by atoms with Crippen molar-refractivity contribution in [3.63, 3.8) is 0 Å². The van der Waals surface area contributed by atoms with Gasteiger partial charge in [0.15, 0.2) is 0 Å². The quantitative estimate of drug-likeness (QED) is 0.0768. The summed E-state index contributed by atoms with van der Waals surface area (Å²) < 4.78 is 124. The molecule has 0 bridgehead atoms. The average molecular weight is 1240 g/mol. The Bertz CT molecular complexity index is 3780. The van der Waals surface area contributed by atoms with Crippen LogP contribution in [-0.2, 0) is 78.8 Å². The second-order valence-electron chi connectivity index (χ2n) is 21.6. The van der Waals surface area contributed by atoms with Gasteiger partial charge < -0.3 is 15.4 Å². The first-order valence-electron chi connectivity index (χ1n) is 28.2. The van der Waals surface area contributed by atoms with Gasteiger partial charge in [-0.25, -0.2) is 17.5 Å². The SMILES string of the molecule is C#CCN([C@H]1c2ccccc2C[C@@H]1F)S(=O)[O-].C#CCN1[C@H]2c3ccccc3C[C@H]2OS1(=O)=O.C#CCN[C@H]1c2ccccc2C[C@@H]1F.C#CCN[C@H]1c2ccccc2C[C@@H]1[18F].N[C@H]1c2ccccc2C[C@H]1O.O=S1(=O)N[C@H]2c3ccccc3C[C@H]2O1. The lowest BCUT2D eigenvalue weighted by molar-refractivity contribution is 0.158. The number of nitrogens with zero attached hydrogens (tertiary/aromatic N) is 2. The fourth-order valence-electron chi connectivity index (χ4n) is 12.4. The van der Waals surface area contributed by atoms with E-state index in [4.69, 9.17) is 39.8 Å². The van der Waals surface area contributed by atoms with E-state index in [-0.39, 0.29) is 68.0 Å². The van der Waals surface area contributed by atoms with Crippen LogP contribution in [0.2, 0.25) is 0 Å². The number of fused-ring (bicyclic) bond motifs is 10. The smallest absolute Gasteiger partial charge is 0.340 e. The number of terminal acetylenes is 4. The standard InChI is InChI=1S/C12H12FNO2S.2C12H12FN.C12H11NO3S.C9H9NO3S.C9H11NO/c1-2-7-14(17(15)16)12-10-6-4-3-5-9(10)8-11(12)13;2*1-2-7-14-12-10-6-4-3-5-9(10)8-11(12)13;1-2-7-13-12-10-6-4-3-5-9(10)8-11(12)16-17(13,14)15;11-14(12)10-9-7-4-2-1-3-6(7)5-8(9)13-14;10-9-7-4-2-1-3-6(7)5-8(9)11/h1,3-6,11-12H,7-8H2,(H,15,16);2*1,3-6,11-12,14H,7-8H2;1,3-6,11-12H,7-8H2;1-4,8-10H,5H2;1-4,8-9,11H,5,10H2/p-1/t3*11-,12-;11-,12+;2*8-,9+/m000111/s1/i;13-1;;;;. The fraction of sp³-hybridized carbons (Fsp3) is 0.333. The lowest BCUT2D eigenvalue weighted by Crippen LogP contribution is -2.34. The molecule has 454 valence electrons. The van der Waals surface area contributed by atoms with Crippen LogP contribution in [0.4, 0.5) is 13.2 Å². The van der Waals surface area contributed by atoms with E-state index >= 15 is 0 Å². The predicted octanol–water partition coefficient (Wildman–Crippen LogP) is 7.02. The summed E-state index contributed by atoms with van der Waals surface area (Å²) in [5, 5.41) is 15.4. The minimum absolute atomic E-state index is 0.0534. The van der Waals surface area contributed by atoms with Gasteiger partial charge in [0.1, 0.15) is 30.7 Å². The van der Waals surface area contributed by atoms with Gasteiger partial charge in [0, 0.05) is 49.8 Å². The first-order chi connectivity index (χ1) is 41.9. The summed E-state index contributed by atoms with van der Waals surface area (Å²) in [5.41, 5.74) is 18.2. The zero-order chi connectivity index (χ0) is 62.0. The van der Waals surface area contributed by atoms with Crippen molar-refractivity contribution in [3.8, 4) is 49.4 Å². The van der Waals surface area contributed by atoms with Crippen molar-refractivity contribution >= 4 is 31.9 Å². The molecule has 6 N–H and O–H groups in total. The third kappa shape index (κ3) is 14.8. The van der Waals surface area contributed by atoms with Gasteiger partial charge in [-0.15, -0.1) is 25.7 Å². The van der Waals surface area contributed by atoms with Crippen LogP contribution in [0.25, 0.3) is 0 Å². The second-order valence-corrected chi connectivity index (χ2v) is 25.4. The van der Waals surface area contributed by atoms with Gasteiger partial charge in [0.2, 0.25) is 0 Å². The summed E-state index contributed by atoms with van der Waals surface area (Å²) in [7, 11) is -7.16. The number of hydrogen-bond donors (Lipinski definition) is 5. The van der Waals surface area contributed by atoms with Gasteiger partial charge in [0.25, 0.3) is 0 Å². The van der Waals surface area contributed by atoms with Crippen molar-refractivity contribution in [1.82, 2.24) is 24.0 Å². The van der Waals surface area contributed by atoms with E-state index in [0.717, 1.165) is 54.4 Å². The van der Waals surface area contributed by atoms with E-state index in [9.17, 15) is 43.9 Å².